The number of epoxide rings is 2. The molecule has 0 aromatic rings. The summed E-state index contributed by atoms with van der Waals surface area (Å²) >= 11 is 0. The largest absolute Gasteiger partial charge is 0.376 e. The Balaban J connectivity index is 0.000000308. The van der Waals surface area contributed by atoms with Gasteiger partial charge in [-0.2, -0.15) is 0 Å². The molecule has 0 radical (unpaired) electrons. The lowest BCUT2D eigenvalue weighted by molar-refractivity contribution is 0.102. The molecular formula is C23H46O3. The topological polar surface area (TPSA) is 34.3 Å². The average molecular weight is 371 g/mol. The van der Waals surface area contributed by atoms with Crippen molar-refractivity contribution in [1.82, 2.24) is 0 Å². The summed E-state index contributed by atoms with van der Waals surface area (Å²) in [6.45, 7) is 10.3. The zero-order chi connectivity index (χ0) is 18.9. The highest BCUT2D eigenvalue weighted by Gasteiger charge is 2.26. The highest BCUT2D eigenvalue weighted by Crippen LogP contribution is 2.17. The van der Waals surface area contributed by atoms with E-state index in [-0.39, 0.29) is 0 Å². The summed E-state index contributed by atoms with van der Waals surface area (Å²) < 4.78 is 15.1. The van der Waals surface area contributed by atoms with Gasteiger partial charge < -0.3 is 14.2 Å². The van der Waals surface area contributed by atoms with E-state index in [0.717, 1.165) is 32.3 Å². The van der Waals surface area contributed by atoms with E-state index in [4.69, 9.17) is 14.2 Å². The Labute approximate surface area is 163 Å². The van der Waals surface area contributed by atoms with Crippen LogP contribution in [-0.4, -0.2) is 38.6 Å². The van der Waals surface area contributed by atoms with Crippen LogP contribution in [0.1, 0.15) is 104 Å². The molecule has 156 valence electrons. The average Bonchev–Trinajstić information content (AvgIpc) is 3.54. The maximum Gasteiger partial charge on any atom is 0.104 e. The molecule has 0 bridgehead atoms. The number of unbranched alkanes of at least 4 members (excludes halogenated alkanes) is 9. The van der Waals surface area contributed by atoms with Gasteiger partial charge in [0.2, 0.25) is 0 Å². The van der Waals surface area contributed by atoms with Crippen LogP contribution in [0, 0.1) is 5.92 Å². The van der Waals surface area contributed by atoms with Gasteiger partial charge in [-0.05, 0) is 5.92 Å². The van der Waals surface area contributed by atoms with Crippen LogP contribution in [0.5, 0.6) is 0 Å². The van der Waals surface area contributed by atoms with Gasteiger partial charge in [-0.15, -0.1) is 0 Å². The van der Waals surface area contributed by atoms with Crippen LogP contribution in [0.2, 0.25) is 0 Å². The van der Waals surface area contributed by atoms with Crippen LogP contribution in [0.25, 0.3) is 0 Å². The van der Waals surface area contributed by atoms with Crippen LogP contribution in [0.4, 0.5) is 0 Å². The van der Waals surface area contributed by atoms with Gasteiger partial charge in [0.25, 0.3) is 0 Å². The molecule has 2 aliphatic heterocycles. The summed E-state index contributed by atoms with van der Waals surface area (Å²) in [6.07, 6.45) is 19.6. The molecule has 2 fully saturated rings. The van der Waals surface area contributed by atoms with Crippen molar-refractivity contribution in [3.8, 4) is 0 Å². The lowest BCUT2D eigenvalue weighted by Gasteiger charge is -2.10. The SMILES string of the molecule is C(OCC1CO1)C1CO1.CCCCCCCCCCC(C)CCCCC. The van der Waals surface area contributed by atoms with Crippen molar-refractivity contribution in [2.24, 2.45) is 5.92 Å². The van der Waals surface area contributed by atoms with Gasteiger partial charge in [0.05, 0.1) is 26.4 Å². The van der Waals surface area contributed by atoms with Crippen molar-refractivity contribution in [2.75, 3.05) is 26.4 Å². The van der Waals surface area contributed by atoms with Gasteiger partial charge in [0, 0.05) is 0 Å². The maximum atomic E-state index is 5.23. The van der Waals surface area contributed by atoms with Crippen LogP contribution in [-0.2, 0) is 14.2 Å². The minimum atomic E-state index is 0.392. The van der Waals surface area contributed by atoms with Crippen LogP contribution in [0.3, 0.4) is 0 Å². The molecule has 0 amide bonds. The Hall–Kier alpha value is -0.120. The Morgan fingerprint density at radius 1 is 0.692 bits per heavy atom. The summed E-state index contributed by atoms with van der Waals surface area (Å²) in [4.78, 5) is 0. The first-order chi connectivity index (χ1) is 12.8. The minimum Gasteiger partial charge on any atom is -0.376 e. The molecule has 3 nitrogen and oxygen atoms in total. The number of hydrogen-bond acceptors (Lipinski definition) is 3. The first-order valence-electron chi connectivity index (χ1n) is 11.6. The molecule has 3 unspecified atom stereocenters. The van der Waals surface area contributed by atoms with E-state index in [9.17, 15) is 0 Å². The molecule has 0 aromatic heterocycles. The Bertz CT molecular complexity index is 275. The first-order valence-corrected chi connectivity index (χ1v) is 11.6. The zero-order valence-electron chi connectivity index (χ0n) is 18.0. The second-order valence-corrected chi connectivity index (χ2v) is 8.31. The molecule has 0 saturated carbocycles. The third-order valence-electron chi connectivity index (χ3n) is 5.26. The minimum absolute atomic E-state index is 0.392. The van der Waals surface area contributed by atoms with E-state index in [2.05, 4.69) is 20.8 Å². The van der Waals surface area contributed by atoms with E-state index in [1.54, 1.807) is 0 Å². The molecular weight excluding hydrogens is 324 g/mol. The fourth-order valence-corrected chi connectivity index (χ4v) is 3.17. The molecule has 2 saturated heterocycles. The van der Waals surface area contributed by atoms with E-state index in [1.807, 2.05) is 0 Å². The standard InChI is InChI=1S/C17H36.C6H10O3/c1-4-6-8-9-10-11-12-14-16-17(3)15-13-7-5-2;1(5-3-8-5)7-2-6-4-9-6/h17H,4-16H2,1-3H3;5-6H,1-4H2. The molecule has 0 aromatic carbocycles. The maximum absolute atomic E-state index is 5.23. The van der Waals surface area contributed by atoms with Gasteiger partial charge in [0.15, 0.2) is 0 Å². The van der Waals surface area contributed by atoms with E-state index >= 15 is 0 Å². The number of hydrogen-bond donors (Lipinski definition) is 0. The van der Waals surface area contributed by atoms with Gasteiger partial charge in [-0.25, -0.2) is 0 Å². The molecule has 2 heterocycles. The molecule has 0 aliphatic carbocycles. The summed E-state index contributed by atoms with van der Waals surface area (Å²) in [6, 6.07) is 0. The third kappa shape index (κ3) is 17.3. The molecule has 2 aliphatic rings. The Morgan fingerprint density at radius 2 is 1.08 bits per heavy atom. The van der Waals surface area contributed by atoms with E-state index < -0.39 is 0 Å². The fraction of sp³-hybridized carbons (Fsp3) is 1.00. The van der Waals surface area contributed by atoms with Crippen molar-refractivity contribution >= 4 is 0 Å². The van der Waals surface area contributed by atoms with Crippen molar-refractivity contribution in [3.05, 3.63) is 0 Å². The van der Waals surface area contributed by atoms with Crippen LogP contribution < -0.4 is 0 Å². The lowest BCUT2D eigenvalue weighted by atomic mass is 9.96. The highest BCUT2D eigenvalue weighted by molar-refractivity contribution is 4.71. The van der Waals surface area contributed by atoms with Crippen LogP contribution >= 0.6 is 0 Å². The molecule has 0 N–H and O–H groups in total. The summed E-state index contributed by atoms with van der Waals surface area (Å²) in [5.74, 6) is 0.974. The van der Waals surface area contributed by atoms with Crippen molar-refractivity contribution in [2.45, 2.75) is 116 Å². The molecule has 2 rings (SSSR count). The van der Waals surface area contributed by atoms with Gasteiger partial charge >= 0.3 is 0 Å². The molecule has 3 heteroatoms. The summed E-state index contributed by atoms with van der Waals surface area (Å²) in [7, 11) is 0. The quantitative estimate of drug-likeness (QED) is 0.215. The number of rotatable bonds is 17. The van der Waals surface area contributed by atoms with Gasteiger partial charge in [-0.3, -0.25) is 0 Å². The smallest absolute Gasteiger partial charge is 0.104 e. The fourth-order valence-electron chi connectivity index (χ4n) is 3.17. The third-order valence-corrected chi connectivity index (χ3v) is 5.26. The Morgan fingerprint density at radius 3 is 1.54 bits per heavy atom. The summed E-state index contributed by atoms with van der Waals surface area (Å²) in [5.41, 5.74) is 0. The van der Waals surface area contributed by atoms with Crippen LogP contribution in [0.15, 0.2) is 0 Å². The molecule has 3 atom stereocenters. The normalized spacial score (nSPS) is 21.8. The zero-order valence-corrected chi connectivity index (χ0v) is 18.0. The monoisotopic (exact) mass is 370 g/mol. The molecule has 0 spiro atoms. The van der Waals surface area contributed by atoms with Gasteiger partial charge in [-0.1, -0.05) is 104 Å². The predicted octanol–water partition coefficient (Wildman–Crippen LogP) is 6.53. The summed E-state index contributed by atoms with van der Waals surface area (Å²) in [5, 5.41) is 0. The first kappa shape index (κ1) is 23.9. The number of ether oxygens (including phenoxy) is 3. The second kappa shape index (κ2) is 17.0. The van der Waals surface area contributed by atoms with Crippen molar-refractivity contribution in [1.29, 1.82) is 0 Å². The van der Waals surface area contributed by atoms with Crippen molar-refractivity contribution < 1.29 is 14.2 Å². The van der Waals surface area contributed by atoms with Crippen molar-refractivity contribution in [3.63, 3.8) is 0 Å². The van der Waals surface area contributed by atoms with E-state index in [1.165, 1.54) is 83.5 Å². The Kier molecular flexibility index (Phi) is 15.6. The molecule has 26 heavy (non-hydrogen) atoms. The predicted molar refractivity (Wildman–Crippen MR) is 111 cm³/mol. The lowest BCUT2D eigenvalue weighted by Crippen LogP contribution is -2.06. The van der Waals surface area contributed by atoms with E-state index in [0.29, 0.717) is 12.2 Å². The van der Waals surface area contributed by atoms with Gasteiger partial charge in [0.1, 0.15) is 12.2 Å². The second-order valence-electron chi connectivity index (χ2n) is 8.31. The highest BCUT2D eigenvalue weighted by atomic mass is 16.6.